The van der Waals surface area contributed by atoms with Crippen LogP contribution >= 0.6 is 0 Å². The molecular weight excluding hydrogens is 304 g/mol. The first kappa shape index (κ1) is 19.8. The van der Waals surface area contributed by atoms with Crippen molar-refractivity contribution in [1.82, 2.24) is 0 Å². The summed E-state index contributed by atoms with van der Waals surface area (Å²) in [6.45, 7) is 9.87. The smallest absolute Gasteiger partial charge is 0.310 e. The van der Waals surface area contributed by atoms with Gasteiger partial charge in [0.25, 0.3) is 0 Å². The Balaban J connectivity index is 3.09. The summed E-state index contributed by atoms with van der Waals surface area (Å²) in [7, 11) is 0. The second-order valence-electron chi connectivity index (χ2n) is 5.64. The Hall–Kier alpha value is -2.23. The highest BCUT2D eigenvalue weighted by atomic mass is 16.5. The molecule has 0 fully saturated rings. The van der Waals surface area contributed by atoms with E-state index in [1.807, 2.05) is 52.0 Å². The van der Waals surface area contributed by atoms with Crippen molar-refractivity contribution in [2.75, 3.05) is 6.61 Å². The van der Waals surface area contributed by atoms with Gasteiger partial charge in [0.05, 0.1) is 18.8 Å². The van der Waals surface area contributed by atoms with Gasteiger partial charge in [-0.3, -0.25) is 4.79 Å². The van der Waals surface area contributed by atoms with Crippen LogP contribution in [0.25, 0.3) is 0 Å². The summed E-state index contributed by atoms with van der Waals surface area (Å²) in [5, 5.41) is 9.83. The molecule has 1 N–H and O–H groups in total. The van der Waals surface area contributed by atoms with Gasteiger partial charge in [0.2, 0.25) is 0 Å². The predicted molar refractivity (Wildman–Crippen MR) is 96.1 cm³/mol. The van der Waals surface area contributed by atoms with Crippen LogP contribution in [0.4, 0.5) is 0 Å². The van der Waals surface area contributed by atoms with Crippen LogP contribution in [0, 0.1) is 6.92 Å². The molecule has 1 aromatic carbocycles. The summed E-state index contributed by atoms with van der Waals surface area (Å²) in [6, 6.07) is 5.75. The summed E-state index contributed by atoms with van der Waals surface area (Å²) in [4.78, 5) is 11.8. The molecular formula is C20H28O4. The monoisotopic (exact) mass is 332 g/mol. The number of carbonyl (C=O) groups excluding carboxylic acids is 1. The van der Waals surface area contributed by atoms with E-state index in [1.54, 1.807) is 6.92 Å². The van der Waals surface area contributed by atoms with Crippen LogP contribution in [0.3, 0.4) is 0 Å². The minimum absolute atomic E-state index is 0.176. The van der Waals surface area contributed by atoms with Crippen molar-refractivity contribution in [2.45, 2.75) is 53.9 Å². The Bertz CT molecular complexity index is 627. The normalized spacial score (nSPS) is 12.6. The van der Waals surface area contributed by atoms with Gasteiger partial charge in [-0.25, -0.2) is 0 Å². The number of ether oxygens (including phenoxy) is 2. The van der Waals surface area contributed by atoms with Crippen LogP contribution in [0.2, 0.25) is 0 Å². The van der Waals surface area contributed by atoms with Crippen molar-refractivity contribution < 1.29 is 19.4 Å². The summed E-state index contributed by atoms with van der Waals surface area (Å²) < 4.78 is 11.1. The van der Waals surface area contributed by atoms with Crippen molar-refractivity contribution in [2.24, 2.45) is 0 Å². The molecule has 0 unspecified atom stereocenters. The zero-order chi connectivity index (χ0) is 18.1. The summed E-state index contributed by atoms with van der Waals surface area (Å²) in [5.41, 5.74) is 2.63. The molecule has 4 heteroatoms. The van der Waals surface area contributed by atoms with Gasteiger partial charge in [-0.1, -0.05) is 26.0 Å². The number of carbonyl (C=O) groups is 1. The fourth-order valence-electron chi connectivity index (χ4n) is 2.22. The lowest BCUT2D eigenvalue weighted by atomic mass is 10.1. The van der Waals surface area contributed by atoms with E-state index in [0.717, 1.165) is 22.5 Å². The van der Waals surface area contributed by atoms with E-state index in [-0.39, 0.29) is 12.4 Å². The van der Waals surface area contributed by atoms with Gasteiger partial charge >= 0.3 is 5.97 Å². The maximum absolute atomic E-state index is 11.8. The number of allylic oxidation sites excluding steroid dienone is 4. The molecule has 0 aliphatic heterocycles. The molecule has 0 saturated heterocycles. The highest BCUT2D eigenvalue weighted by Gasteiger charge is 2.12. The largest absolute Gasteiger partial charge is 0.512 e. The van der Waals surface area contributed by atoms with E-state index in [1.165, 1.54) is 0 Å². The molecule has 132 valence electrons. The summed E-state index contributed by atoms with van der Waals surface area (Å²) in [6.07, 6.45) is 3.28. The molecule has 0 radical (unpaired) electrons. The zero-order valence-corrected chi connectivity index (χ0v) is 15.3. The summed E-state index contributed by atoms with van der Waals surface area (Å²) in [5.74, 6) is 1.47. The first-order chi connectivity index (χ1) is 11.4. The van der Waals surface area contributed by atoms with E-state index < -0.39 is 0 Å². The lowest BCUT2D eigenvalue weighted by Gasteiger charge is -2.14. The maximum Gasteiger partial charge on any atom is 0.310 e. The Labute approximate surface area is 144 Å². The predicted octanol–water partition coefficient (Wildman–Crippen LogP) is 5.02. The number of aliphatic hydroxyl groups excluding tert-OH is 1. The fourth-order valence-corrected chi connectivity index (χ4v) is 2.22. The van der Waals surface area contributed by atoms with Crippen molar-refractivity contribution in [3.05, 3.63) is 52.5 Å². The minimum Gasteiger partial charge on any atom is -0.512 e. The lowest BCUT2D eigenvalue weighted by molar-refractivity contribution is -0.142. The molecule has 1 aromatic rings. The number of esters is 1. The van der Waals surface area contributed by atoms with Crippen LogP contribution in [-0.4, -0.2) is 17.7 Å². The Kier molecular flexibility index (Phi) is 8.10. The van der Waals surface area contributed by atoms with Crippen LogP contribution in [-0.2, 0) is 16.0 Å². The van der Waals surface area contributed by atoms with E-state index >= 15 is 0 Å². The number of aryl methyl sites for hydroxylation is 1. The SMILES string of the molecule is CCOC(=O)Cc1ccc(C)cc1O/C(=C/C(C)=C(/O)CC)CC. The Morgan fingerprint density at radius 1 is 1.21 bits per heavy atom. The fraction of sp³-hybridized carbons (Fsp3) is 0.450. The number of aliphatic hydroxyl groups is 1. The van der Waals surface area contributed by atoms with Gasteiger partial charge < -0.3 is 14.6 Å². The zero-order valence-electron chi connectivity index (χ0n) is 15.3. The minimum atomic E-state index is -0.270. The summed E-state index contributed by atoms with van der Waals surface area (Å²) >= 11 is 0. The van der Waals surface area contributed by atoms with Crippen LogP contribution in [0.15, 0.2) is 41.4 Å². The van der Waals surface area contributed by atoms with Gasteiger partial charge in [-0.15, -0.1) is 0 Å². The van der Waals surface area contributed by atoms with Gasteiger partial charge in [-0.05, 0) is 44.1 Å². The third-order valence-corrected chi connectivity index (χ3v) is 3.62. The molecule has 0 aliphatic rings. The number of hydrogen-bond acceptors (Lipinski definition) is 4. The maximum atomic E-state index is 11.8. The van der Waals surface area contributed by atoms with E-state index in [0.29, 0.717) is 31.0 Å². The molecule has 0 bridgehead atoms. The molecule has 0 saturated carbocycles. The van der Waals surface area contributed by atoms with Gasteiger partial charge in [0, 0.05) is 18.4 Å². The van der Waals surface area contributed by atoms with Gasteiger partial charge in [0.1, 0.15) is 11.5 Å². The van der Waals surface area contributed by atoms with E-state index in [9.17, 15) is 9.90 Å². The first-order valence-electron chi connectivity index (χ1n) is 8.43. The second kappa shape index (κ2) is 9.81. The van der Waals surface area contributed by atoms with Gasteiger partial charge in [0.15, 0.2) is 0 Å². The highest BCUT2D eigenvalue weighted by Crippen LogP contribution is 2.25. The standard InChI is InChI=1S/C20H28O4/c1-6-17(12-15(5)18(21)7-2)24-19-11-14(4)9-10-16(19)13-20(22)23-8-3/h9-12,21H,6-8,13H2,1-5H3/b17-12+,18-15+. The van der Waals surface area contributed by atoms with Gasteiger partial charge in [-0.2, -0.15) is 0 Å². The van der Waals surface area contributed by atoms with E-state index in [4.69, 9.17) is 9.47 Å². The molecule has 1 rings (SSSR count). The molecule has 4 nitrogen and oxygen atoms in total. The molecule has 24 heavy (non-hydrogen) atoms. The third-order valence-electron chi connectivity index (χ3n) is 3.62. The second-order valence-corrected chi connectivity index (χ2v) is 5.64. The van der Waals surface area contributed by atoms with E-state index in [2.05, 4.69) is 0 Å². The van der Waals surface area contributed by atoms with Crippen LogP contribution < -0.4 is 4.74 Å². The third kappa shape index (κ3) is 6.11. The van der Waals surface area contributed by atoms with Crippen molar-refractivity contribution in [1.29, 1.82) is 0 Å². The molecule has 0 heterocycles. The Morgan fingerprint density at radius 2 is 1.92 bits per heavy atom. The topological polar surface area (TPSA) is 55.8 Å². The van der Waals surface area contributed by atoms with Crippen LogP contribution in [0.5, 0.6) is 5.75 Å². The number of hydrogen-bond donors (Lipinski definition) is 1. The average Bonchev–Trinajstić information content (AvgIpc) is 2.55. The molecule has 0 amide bonds. The van der Waals surface area contributed by atoms with Crippen molar-refractivity contribution in [3.63, 3.8) is 0 Å². The quantitative estimate of drug-likeness (QED) is 0.413. The highest BCUT2D eigenvalue weighted by molar-refractivity contribution is 5.73. The number of benzene rings is 1. The first-order valence-corrected chi connectivity index (χ1v) is 8.43. The molecule has 0 spiro atoms. The van der Waals surface area contributed by atoms with Crippen molar-refractivity contribution in [3.8, 4) is 5.75 Å². The average molecular weight is 332 g/mol. The molecule has 0 atom stereocenters. The molecule has 0 aromatic heterocycles. The Morgan fingerprint density at radius 3 is 2.50 bits per heavy atom. The number of rotatable bonds is 8. The lowest BCUT2D eigenvalue weighted by Crippen LogP contribution is -2.09. The molecule has 0 aliphatic carbocycles. The van der Waals surface area contributed by atoms with Crippen molar-refractivity contribution >= 4 is 5.97 Å². The van der Waals surface area contributed by atoms with Crippen LogP contribution in [0.1, 0.15) is 51.7 Å².